The van der Waals surface area contributed by atoms with E-state index in [1.165, 1.54) is 0 Å². The molecule has 0 atom stereocenters. The van der Waals surface area contributed by atoms with E-state index in [2.05, 4.69) is 0 Å². The van der Waals surface area contributed by atoms with Crippen LogP contribution in [-0.4, -0.2) is 49.1 Å². The van der Waals surface area contributed by atoms with E-state index in [1.807, 2.05) is 51.8 Å². The fourth-order valence-electron chi connectivity index (χ4n) is 1.48. The molecule has 4 nitrogen and oxygen atoms in total. The number of carboxylic acids is 1. The molecule has 0 heterocycles. The molecular weight excluding hydrogens is 180 g/mol. The maximum absolute atomic E-state index is 11.1. The van der Waals surface area contributed by atoms with Crippen molar-refractivity contribution < 1.29 is 9.90 Å². The van der Waals surface area contributed by atoms with Crippen LogP contribution in [0.4, 0.5) is 0 Å². The predicted molar refractivity (Wildman–Crippen MR) is 56.9 cm³/mol. The zero-order valence-electron chi connectivity index (χ0n) is 9.83. The maximum atomic E-state index is 11.1. The first-order chi connectivity index (χ1) is 6.29. The van der Waals surface area contributed by atoms with Crippen LogP contribution in [0.1, 0.15) is 13.8 Å². The Bertz CT molecular complexity index is 233. The van der Waals surface area contributed by atoms with E-state index < -0.39 is 5.97 Å². The molecule has 14 heavy (non-hydrogen) atoms. The molecule has 0 aliphatic rings. The number of carboxylic acid groups (broad SMARTS) is 1. The second-order valence-electron chi connectivity index (χ2n) is 3.99. The molecule has 0 amide bonds. The van der Waals surface area contributed by atoms with Crippen molar-refractivity contribution in [1.82, 2.24) is 9.80 Å². The second kappa shape index (κ2) is 4.88. The van der Waals surface area contributed by atoms with Crippen LogP contribution in [0, 0.1) is 5.92 Å². The van der Waals surface area contributed by atoms with Crippen LogP contribution in [0.5, 0.6) is 0 Å². The third-order valence-electron chi connectivity index (χ3n) is 1.90. The monoisotopic (exact) mass is 200 g/mol. The Morgan fingerprint density at radius 1 is 1.07 bits per heavy atom. The predicted octanol–water partition coefficient (Wildman–Crippen LogP) is 1.06. The van der Waals surface area contributed by atoms with Gasteiger partial charge >= 0.3 is 5.97 Å². The van der Waals surface area contributed by atoms with Gasteiger partial charge in [-0.05, 0) is 5.92 Å². The first-order valence-corrected chi connectivity index (χ1v) is 4.61. The molecule has 0 unspecified atom stereocenters. The molecule has 82 valence electrons. The average molecular weight is 200 g/mol. The van der Waals surface area contributed by atoms with Gasteiger partial charge in [0, 0.05) is 28.2 Å². The van der Waals surface area contributed by atoms with Crippen molar-refractivity contribution in [3.8, 4) is 0 Å². The summed E-state index contributed by atoms with van der Waals surface area (Å²) < 4.78 is 0. The Morgan fingerprint density at radius 2 is 1.43 bits per heavy atom. The summed E-state index contributed by atoms with van der Waals surface area (Å²) in [6.45, 7) is 3.77. The zero-order valence-corrected chi connectivity index (χ0v) is 9.83. The van der Waals surface area contributed by atoms with Gasteiger partial charge in [0.25, 0.3) is 0 Å². The average Bonchev–Trinajstić information content (AvgIpc) is 1.96. The second-order valence-corrected chi connectivity index (χ2v) is 3.99. The third-order valence-corrected chi connectivity index (χ3v) is 1.90. The van der Waals surface area contributed by atoms with Gasteiger partial charge in [-0.25, -0.2) is 4.79 Å². The standard InChI is InChI=1S/C10H20N2O2/c1-7(2)8(10(13)14)9(11(3)4)12(5)6/h7H,1-6H3,(H,13,14). The van der Waals surface area contributed by atoms with E-state index in [1.54, 1.807) is 0 Å². The molecule has 0 aliphatic carbocycles. The molecule has 0 aromatic heterocycles. The number of carbonyl (C=O) groups is 1. The fourth-order valence-corrected chi connectivity index (χ4v) is 1.48. The molecular formula is C10H20N2O2. The Labute approximate surface area is 85.8 Å². The molecule has 0 rings (SSSR count). The highest BCUT2D eigenvalue weighted by molar-refractivity contribution is 5.87. The molecule has 0 spiro atoms. The first kappa shape index (κ1) is 12.8. The number of rotatable bonds is 4. The summed E-state index contributed by atoms with van der Waals surface area (Å²) in [7, 11) is 7.39. The lowest BCUT2D eigenvalue weighted by molar-refractivity contribution is -0.133. The van der Waals surface area contributed by atoms with Gasteiger partial charge in [0.1, 0.15) is 5.82 Å². The number of hydrogen-bond acceptors (Lipinski definition) is 3. The van der Waals surface area contributed by atoms with E-state index in [-0.39, 0.29) is 5.92 Å². The molecule has 4 heteroatoms. The minimum atomic E-state index is -0.850. The molecule has 0 bridgehead atoms. The molecule has 0 radical (unpaired) electrons. The van der Waals surface area contributed by atoms with Crippen LogP contribution in [0.2, 0.25) is 0 Å². The highest BCUT2D eigenvalue weighted by atomic mass is 16.4. The van der Waals surface area contributed by atoms with E-state index in [0.29, 0.717) is 5.57 Å². The lowest BCUT2D eigenvalue weighted by atomic mass is 10.0. The van der Waals surface area contributed by atoms with E-state index >= 15 is 0 Å². The summed E-state index contributed by atoms with van der Waals surface area (Å²) in [6, 6.07) is 0. The number of nitrogens with zero attached hydrogens (tertiary/aromatic N) is 2. The van der Waals surface area contributed by atoms with E-state index in [4.69, 9.17) is 5.11 Å². The molecule has 0 saturated heterocycles. The van der Waals surface area contributed by atoms with Gasteiger partial charge in [0.15, 0.2) is 0 Å². The molecule has 0 fully saturated rings. The first-order valence-electron chi connectivity index (χ1n) is 4.61. The highest BCUT2D eigenvalue weighted by Crippen LogP contribution is 2.18. The van der Waals surface area contributed by atoms with Gasteiger partial charge in [0.2, 0.25) is 0 Å². The Kier molecular flexibility index (Phi) is 4.47. The van der Waals surface area contributed by atoms with Gasteiger partial charge in [-0.3, -0.25) is 0 Å². The van der Waals surface area contributed by atoms with Crippen LogP contribution < -0.4 is 0 Å². The van der Waals surface area contributed by atoms with Crippen LogP contribution in [0.3, 0.4) is 0 Å². The summed E-state index contributed by atoms with van der Waals surface area (Å²) in [5.41, 5.74) is 0.444. The summed E-state index contributed by atoms with van der Waals surface area (Å²) in [5.74, 6) is -0.0998. The van der Waals surface area contributed by atoms with Crippen LogP contribution >= 0.6 is 0 Å². The molecule has 0 aromatic carbocycles. The zero-order chi connectivity index (χ0) is 11.5. The van der Waals surface area contributed by atoms with Gasteiger partial charge in [-0.15, -0.1) is 0 Å². The van der Waals surface area contributed by atoms with E-state index in [9.17, 15) is 4.79 Å². The quantitative estimate of drug-likeness (QED) is 0.689. The van der Waals surface area contributed by atoms with Crippen molar-refractivity contribution in [3.63, 3.8) is 0 Å². The lowest BCUT2D eigenvalue weighted by Gasteiger charge is -2.28. The SMILES string of the molecule is CC(C)C(C(=O)O)=C(N(C)C)N(C)C. The number of hydrogen-bond donors (Lipinski definition) is 1. The molecule has 1 N–H and O–H groups in total. The van der Waals surface area contributed by atoms with Crippen molar-refractivity contribution in [2.75, 3.05) is 28.2 Å². The van der Waals surface area contributed by atoms with E-state index in [0.717, 1.165) is 5.82 Å². The van der Waals surface area contributed by atoms with Crippen molar-refractivity contribution in [2.45, 2.75) is 13.8 Å². The summed E-state index contributed by atoms with van der Waals surface area (Å²) in [5, 5.41) is 9.10. The highest BCUT2D eigenvalue weighted by Gasteiger charge is 2.20. The summed E-state index contributed by atoms with van der Waals surface area (Å²) in [6.07, 6.45) is 0. The van der Waals surface area contributed by atoms with Crippen molar-refractivity contribution in [2.24, 2.45) is 5.92 Å². The molecule has 0 saturated carbocycles. The van der Waals surface area contributed by atoms with Gasteiger partial charge in [-0.1, -0.05) is 13.8 Å². The van der Waals surface area contributed by atoms with Crippen molar-refractivity contribution >= 4 is 5.97 Å². The Balaban J connectivity index is 5.39. The minimum absolute atomic E-state index is 0.00676. The van der Waals surface area contributed by atoms with Crippen LogP contribution in [0.15, 0.2) is 11.4 Å². The topological polar surface area (TPSA) is 43.8 Å². The van der Waals surface area contributed by atoms with Crippen LogP contribution in [-0.2, 0) is 4.79 Å². The van der Waals surface area contributed by atoms with Gasteiger partial charge < -0.3 is 14.9 Å². The Morgan fingerprint density at radius 3 is 1.50 bits per heavy atom. The van der Waals surface area contributed by atoms with Crippen LogP contribution in [0.25, 0.3) is 0 Å². The number of aliphatic carboxylic acids is 1. The summed E-state index contributed by atoms with van der Waals surface area (Å²) in [4.78, 5) is 14.7. The largest absolute Gasteiger partial charge is 0.478 e. The fraction of sp³-hybridized carbons (Fsp3) is 0.700. The molecule has 0 aliphatic heterocycles. The normalized spacial score (nSPS) is 9.93. The smallest absolute Gasteiger partial charge is 0.335 e. The van der Waals surface area contributed by atoms with Crippen molar-refractivity contribution in [3.05, 3.63) is 11.4 Å². The summed E-state index contributed by atoms with van der Waals surface area (Å²) >= 11 is 0. The maximum Gasteiger partial charge on any atom is 0.335 e. The molecule has 0 aromatic rings. The van der Waals surface area contributed by atoms with Crippen molar-refractivity contribution in [1.29, 1.82) is 0 Å². The Hall–Kier alpha value is -1.19. The van der Waals surface area contributed by atoms with Gasteiger partial charge in [-0.2, -0.15) is 0 Å². The minimum Gasteiger partial charge on any atom is -0.478 e. The van der Waals surface area contributed by atoms with Gasteiger partial charge in [0.05, 0.1) is 5.57 Å². The third kappa shape index (κ3) is 2.94. The lowest BCUT2D eigenvalue weighted by Crippen LogP contribution is -2.30.